The highest BCUT2D eigenvalue weighted by Crippen LogP contribution is 2.26. The maximum absolute atomic E-state index is 12.0. The molecular weight excluding hydrogens is 312 g/mol. The zero-order valence-electron chi connectivity index (χ0n) is 13.2. The van der Waals surface area contributed by atoms with E-state index in [1.807, 2.05) is 31.2 Å². The highest BCUT2D eigenvalue weighted by molar-refractivity contribution is 7.91. The van der Waals surface area contributed by atoms with Crippen LogP contribution in [0.2, 0.25) is 0 Å². The molecule has 2 rings (SSSR count). The van der Waals surface area contributed by atoms with Gasteiger partial charge >= 0.3 is 0 Å². The lowest BCUT2D eigenvalue weighted by molar-refractivity contribution is -0.125. The summed E-state index contributed by atoms with van der Waals surface area (Å²) in [5.74, 6) is 3.33. The number of hydrogen-bond acceptors (Lipinski definition) is 4. The average molecular weight is 332 g/mol. The van der Waals surface area contributed by atoms with E-state index in [4.69, 9.17) is 11.2 Å². The Kier molecular flexibility index (Phi) is 6.11. The normalized spacial score (nSPS) is 22.4. The standard InChI is InChI=1S/C17H20N2O3S/c1-4-9-23(21)16-8-6-13(11-15(16)22-3)5-7-14-12(2)10-17(20)19-18-14/h1,5-8,11-12,14,18H,9-10H2,2-3H3,(H,19,20)/b7-5+. The molecular formula is C17H20N2O3S. The number of carbonyl (C=O) groups excluding carboxylic acids is 1. The van der Waals surface area contributed by atoms with Crippen LogP contribution in [0, 0.1) is 18.3 Å². The Morgan fingerprint density at radius 3 is 3.00 bits per heavy atom. The first-order valence-corrected chi connectivity index (χ1v) is 8.59. The van der Waals surface area contributed by atoms with Crippen LogP contribution < -0.4 is 15.6 Å². The number of benzene rings is 1. The number of carbonyl (C=O) groups is 1. The molecule has 2 N–H and O–H groups in total. The molecule has 1 aromatic carbocycles. The van der Waals surface area contributed by atoms with Gasteiger partial charge in [-0.1, -0.05) is 25.0 Å². The minimum atomic E-state index is -1.27. The summed E-state index contributed by atoms with van der Waals surface area (Å²) in [5.41, 5.74) is 6.54. The van der Waals surface area contributed by atoms with Gasteiger partial charge in [0.2, 0.25) is 5.91 Å². The third-order valence-electron chi connectivity index (χ3n) is 3.64. The molecule has 0 radical (unpaired) electrons. The maximum Gasteiger partial charge on any atom is 0.234 e. The molecule has 122 valence electrons. The number of methoxy groups -OCH3 is 1. The van der Waals surface area contributed by atoms with Crippen LogP contribution in [0.3, 0.4) is 0 Å². The monoisotopic (exact) mass is 332 g/mol. The van der Waals surface area contributed by atoms with Crippen LogP contribution in [0.15, 0.2) is 29.2 Å². The van der Waals surface area contributed by atoms with E-state index in [9.17, 15) is 9.35 Å². The first-order valence-electron chi connectivity index (χ1n) is 7.27. The van der Waals surface area contributed by atoms with E-state index in [-0.39, 0.29) is 23.6 Å². The van der Waals surface area contributed by atoms with Crippen LogP contribution >= 0.6 is 0 Å². The lowest BCUT2D eigenvalue weighted by Crippen LogP contribution is -2.52. The van der Waals surface area contributed by atoms with Gasteiger partial charge < -0.3 is 9.29 Å². The fraction of sp³-hybridized carbons (Fsp3) is 0.353. The van der Waals surface area contributed by atoms with Gasteiger partial charge in [-0.25, -0.2) is 5.43 Å². The van der Waals surface area contributed by atoms with Gasteiger partial charge in [-0.15, -0.1) is 6.42 Å². The van der Waals surface area contributed by atoms with Crippen molar-refractivity contribution in [1.29, 1.82) is 0 Å². The predicted molar refractivity (Wildman–Crippen MR) is 91.0 cm³/mol. The molecule has 0 bridgehead atoms. The third-order valence-corrected chi connectivity index (χ3v) is 4.90. The molecule has 6 heteroatoms. The van der Waals surface area contributed by atoms with E-state index < -0.39 is 11.2 Å². The average Bonchev–Trinajstić information content (AvgIpc) is 2.54. The Hall–Kier alpha value is -1.94. The third kappa shape index (κ3) is 4.52. The number of hydrogen-bond donors (Lipinski definition) is 2. The van der Waals surface area contributed by atoms with Crippen molar-refractivity contribution in [2.75, 3.05) is 12.9 Å². The van der Waals surface area contributed by atoms with E-state index in [1.165, 1.54) is 0 Å². The van der Waals surface area contributed by atoms with Crippen molar-refractivity contribution in [2.24, 2.45) is 5.92 Å². The highest BCUT2D eigenvalue weighted by Gasteiger charge is 2.23. The van der Waals surface area contributed by atoms with Crippen LogP contribution in [-0.4, -0.2) is 29.4 Å². The van der Waals surface area contributed by atoms with E-state index in [1.54, 1.807) is 13.2 Å². The second-order valence-electron chi connectivity index (χ2n) is 5.36. The fourth-order valence-electron chi connectivity index (χ4n) is 2.36. The van der Waals surface area contributed by atoms with Gasteiger partial charge in [-0.05, 0) is 29.7 Å². The molecule has 3 atom stereocenters. The van der Waals surface area contributed by atoms with Gasteiger partial charge in [0.1, 0.15) is 0 Å². The minimum absolute atomic E-state index is 0.00386. The van der Waals surface area contributed by atoms with Gasteiger partial charge in [0, 0.05) is 23.6 Å². The van der Waals surface area contributed by atoms with E-state index >= 15 is 0 Å². The number of terminal acetylenes is 1. The van der Waals surface area contributed by atoms with Crippen molar-refractivity contribution in [3.63, 3.8) is 0 Å². The van der Waals surface area contributed by atoms with Gasteiger partial charge in [0.15, 0.2) is 16.4 Å². The molecule has 3 unspecified atom stereocenters. The van der Waals surface area contributed by atoms with Gasteiger partial charge in [-0.2, -0.15) is 0 Å². The quantitative estimate of drug-likeness (QED) is 0.633. The van der Waals surface area contributed by atoms with Crippen molar-refractivity contribution < 1.29 is 14.1 Å². The molecule has 1 heterocycles. The smallest absolute Gasteiger partial charge is 0.234 e. The van der Waals surface area contributed by atoms with Crippen LogP contribution in [-0.2, 0) is 16.0 Å². The molecule has 1 aliphatic heterocycles. The van der Waals surface area contributed by atoms with Crippen molar-refractivity contribution in [3.05, 3.63) is 29.8 Å². The Labute approximate surface area is 139 Å². The second-order valence-corrected chi connectivity index (χ2v) is 6.78. The molecule has 0 aliphatic carbocycles. The molecule has 1 fully saturated rings. The first kappa shape index (κ1) is 17.4. The summed E-state index contributed by atoms with van der Waals surface area (Å²) in [7, 11) is 1.54. The van der Waals surface area contributed by atoms with Crippen molar-refractivity contribution >= 4 is 23.2 Å². The van der Waals surface area contributed by atoms with E-state index in [2.05, 4.69) is 16.8 Å². The summed E-state index contributed by atoms with van der Waals surface area (Å²) in [4.78, 5) is 11.9. The largest absolute Gasteiger partial charge is 0.611 e. The molecule has 0 spiro atoms. The van der Waals surface area contributed by atoms with Crippen LogP contribution in [0.5, 0.6) is 5.75 Å². The molecule has 1 amide bonds. The number of amides is 1. The number of rotatable bonds is 5. The maximum atomic E-state index is 12.0. The number of nitrogens with one attached hydrogen (secondary N) is 2. The highest BCUT2D eigenvalue weighted by atomic mass is 32.2. The zero-order chi connectivity index (χ0) is 16.8. The topological polar surface area (TPSA) is 73.4 Å². The van der Waals surface area contributed by atoms with Gasteiger partial charge in [0.05, 0.1) is 7.11 Å². The SMILES string of the molecule is C#CC[S+]([O-])c1ccc(/C=C/C2NNC(=O)CC2C)cc1OC. The van der Waals surface area contributed by atoms with Crippen molar-refractivity contribution in [2.45, 2.75) is 24.3 Å². The summed E-state index contributed by atoms with van der Waals surface area (Å²) in [5, 5.41) is 0. The molecule has 1 aromatic rings. The summed E-state index contributed by atoms with van der Waals surface area (Å²) in [6.45, 7) is 2.02. The molecule has 0 aromatic heterocycles. The summed E-state index contributed by atoms with van der Waals surface area (Å²) in [6, 6.07) is 5.53. The summed E-state index contributed by atoms with van der Waals surface area (Å²) in [6.07, 6.45) is 9.65. The Morgan fingerprint density at radius 2 is 2.35 bits per heavy atom. The number of ether oxygens (including phenoxy) is 1. The predicted octanol–water partition coefficient (Wildman–Crippen LogP) is 1.48. The van der Waals surface area contributed by atoms with E-state index in [0.717, 1.165) is 5.56 Å². The Balaban J connectivity index is 2.13. The van der Waals surface area contributed by atoms with Crippen LogP contribution in [0.1, 0.15) is 18.9 Å². The zero-order valence-corrected chi connectivity index (χ0v) is 14.0. The summed E-state index contributed by atoms with van der Waals surface area (Å²) >= 11 is -1.27. The molecule has 5 nitrogen and oxygen atoms in total. The minimum Gasteiger partial charge on any atom is -0.611 e. The van der Waals surface area contributed by atoms with Crippen molar-refractivity contribution in [1.82, 2.24) is 10.9 Å². The van der Waals surface area contributed by atoms with E-state index in [0.29, 0.717) is 17.1 Å². The summed E-state index contributed by atoms with van der Waals surface area (Å²) < 4.78 is 17.3. The molecule has 0 saturated carbocycles. The van der Waals surface area contributed by atoms with Crippen molar-refractivity contribution in [3.8, 4) is 18.1 Å². The Bertz CT molecular complexity index is 639. The molecule has 1 aliphatic rings. The van der Waals surface area contributed by atoms with Gasteiger partial charge in [-0.3, -0.25) is 10.2 Å². The van der Waals surface area contributed by atoms with Crippen LogP contribution in [0.25, 0.3) is 6.08 Å². The fourth-order valence-corrected chi connectivity index (χ4v) is 3.25. The number of hydrazine groups is 1. The second kappa shape index (κ2) is 8.06. The first-order chi connectivity index (χ1) is 11.0. The van der Waals surface area contributed by atoms with Gasteiger partial charge in [0.25, 0.3) is 0 Å². The Morgan fingerprint density at radius 1 is 1.57 bits per heavy atom. The lowest BCUT2D eigenvalue weighted by atomic mass is 9.96. The molecule has 23 heavy (non-hydrogen) atoms. The van der Waals surface area contributed by atoms with Crippen LogP contribution in [0.4, 0.5) is 0 Å². The molecule has 1 saturated heterocycles. The lowest BCUT2D eigenvalue weighted by Gasteiger charge is -2.27.